The third-order valence-electron chi connectivity index (χ3n) is 4.01. The molecule has 21 heavy (non-hydrogen) atoms. The highest BCUT2D eigenvalue weighted by Crippen LogP contribution is 2.30. The highest BCUT2D eigenvalue weighted by atomic mass is 32.2. The zero-order chi connectivity index (χ0) is 15.5. The number of aliphatic hydroxyl groups is 1. The summed E-state index contributed by atoms with van der Waals surface area (Å²) in [4.78, 5) is -0.0969. The van der Waals surface area contributed by atoms with Crippen molar-refractivity contribution in [3.8, 4) is 0 Å². The molecule has 6 N–H and O–H groups in total. The van der Waals surface area contributed by atoms with E-state index in [0.29, 0.717) is 12.2 Å². The van der Waals surface area contributed by atoms with E-state index in [1.807, 2.05) is 0 Å². The molecule has 1 saturated carbocycles. The standard InChI is InChI=1S/C14H23N3O3S/c15-13-11(6-5-7-12(13)21(16,19)20)17-10-14(18)8-3-1-2-4-9-14/h5-7,17-18H,1-4,8-10,15H2,(H2,16,19,20). The number of anilines is 2. The Labute approximate surface area is 125 Å². The fourth-order valence-electron chi connectivity index (χ4n) is 2.77. The summed E-state index contributed by atoms with van der Waals surface area (Å²) in [6.45, 7) is 0.352. The molecule has 118 valence electrons. The molecule has 6 nitrogen and oxygen atoms in total. The van der Waals surface area contributed by atoms with Crippen LogP contribution in [-0.2, 0) is 10.0 Å². The molecule has 7 heteroatoms. The Morgan fingerprint density at radius 1 is 1.19 bits per heavy atom. The molecule has 1 fully saturated rings. The van der Waals surface area contributed by atoms with Gasteiger partial charge in [-0.15, -0.1) is 0 Å². The maximum atomic E-state index is 11.4. The van der Waals surface area contributed by atoms with Gasteiger partial charge in [-0.3, -0.25) is 0 Å². The molecule has 1 aromatic carbocycles. The summed E-state index contributed by atoms with van der Waals surface area (Å²) < 4.78 is 22.9. The Morgan fingerprint density at radius 2 is 1.81 bits per heavy atom. The minimum absolute atomic E-state index is 0.0946. The van der Waals surface area contributed by atoms with Crippen molar-refractivity contribution in [3.63, 3.8) is 0 Å². The van der Waals surface area contributed by atoms with E-state index in [9.17, 15) is 13.5 Å². The van der Waals surface area contributed by atoms with Gasteiger partial charge >= 0.3 is 0 Å². The summed E-state index contributed by atoms with van der Waals surface area (Å²) in [5.74, 6) is 0. The van der Waals surface area contributed by atoms with Crippen LogP contribution in [0, 0.1) is 0 Å². The number of hydrogen-bond acceptors (Lipinski definition) is 5. The molecule has 0 unspecified atom stereocenters. The number of para-hydroxylation sites is 1. The Balaban J connectivity index is 2.13. The highest BCUT2D eigenvalue weighted by molar-refractivity contribution is 7.89. The summed E-state index contributed by atoms with van der Waals surface area (Å²) in [5.41, 5.74) is 5.67. The average Bonchev–Trinajstić information content (AvgIpc) is 2.62. The van der Waals surface area contributed by atoms with Crippen LogP contribution in [0.15, 0.2) is 23.1 Å². The smallest absolute Gasteiger partial charge is 0.240 e. The summed E-state index contributed by atoms with van der Waals surface area (Å²) in [5, 5.41) is 18.8. The second-order valence-corrected chi connectivity index (χ2v) is 7.28. The minimum Gasteiger partial charge on any atom is -0.396 e. The second kappa shape index (κ2) is 6.21. The highest BCUT2D eigenvalue weighted by Gasteiger charge is 2.28. The van der Waals surface area contributed by atoms with Gasteiger partial charge < -0.3 is 16.2 Å². The van der Waals surface area contributed by atoms with Crippen LogP contribution >= 0.6 is 0 Å². The minimum atomic E-state index is -3.85. The molecule has 0 amide bonds. The lowest BCUT2D eigenvalue weighted by Gasteiger charge is -2.27. The first kappa shape index (κ1) is 16.1. The van der Waals surface area contributed by atoms with Gasteiger partial charge in [-0.2, -0.15) is 0 Å². The van der Waals surface area contributed by atoms with E-state index in [1.165, 1.54) is 6.07 Å². The maximum Gasteiger partial charge on any atom is 0.240 e. The van der Waals surface area contributed by atoms with Crippen LogP contribution in [0.2, 0.25) is 0 Å². The van der Waals surface area contributed by atoms with Gasteiger partial charge in [0, 0.05) is 6.54 Å². The molecule has 1 aromatic rings. The van der Waals surface area contributed by atoms with E-state index in [-0.39, 0.29) is 10.6 Å². The Hall–Kier alpha value is -1.31. The normalized spacial score (nSPS) is 19.0. The Morgan fingerprint density at radius 3 is 2.38 bits per heavy atom. The Bertz CT molecular complexity index is 593. The van der Waals surface area contributed by atoms with E-state index in [0.717, 1.165) is 38.5 Å². The van der Waals surface area contributed by atoms with E-state index >= 15 is 0 Å². The molecule has 0 bridgehead atoms. The van der Waals surface area contributed by atoms with Crippen LogP contribution in [-0.4, -0.2) is 25.7 Å². The molecule has 0 saturated heterocycles. The molecule has 0 aliphatic heterocycles. The van der Waals surface area contributed by atoms with Gasteiger partial charge in [0.1, 0.15) is 4.90 Å². The van der Waals surface area contributed by atoms with Gasteiger partial charge in [-0.25, -0.2) is 13.6 Å². The predicted molar refractivity (Wildman–Crippen MR) is 83.4 cm³/mol. The first-order valence-corrected chi connectivity index (χ1v) is 8.74. The molecule has 0 spiro atoms. The van der Waals surface area contributed by atoms with Crippen molar-refractivity contribution in [2.75, 3.05) is 17.6 Å². The van der Waals surface area contributed by atoms with Crippen LogP contribution in [0.5, 0.6) is 0 Å². The number of sulfonamides is 1. The number of benzene rings is 1. The zero-order valence-corrected chi connectivity index (χ0v) is 12.8. The van der Waals surface area contributed by atoms with Crippen LogP contribution in [0.1, 0.15) is 38.5 Å². The lowest BCUT2D eigenvalue weighted by Crippen LogP contribution is -2.36. The largest absolute Gasteiger partial charge is 0.396 e. The van der Waals surface area contributed by atoms with Gasteiger partial charge in [0.2, 0.25) is 10.0 Å². The third kappa shape index (κ3) is 4.09. The van der Waals surface area contributed by atoms with E-state index < -0.39 is 15.6 Å². The van der Waals surface area contributed by atoms with Crippen molar-refractivity contribution in [3.05, 3.63) is 18.2 Å². The van der Waals surface area contributed by atoms with Gasteiger partial charge in [-0.05, 0) is 25.0 Å². The van der Waals surface area contributed by atoms with E-state index in [4.69, 9.17) is 10.9 Å². The van der Waals surface area contributed by atoms with Crippen molar-refractivity contribution >= 4 is 21.4 Å². The van der Waals surface area contributed by atoms with Gasteiger partial charge in [0.15, 0.2) is 0 Å². The third-order valence-corrected chi connectivity index (χ3v) is 4.98. The Kier molecular flexibility index (Phi) is 4.75. The quantitative estimate of drug-likeness (QED) is 0.495. The van der Waals surface area contributed by atoms with Crippen LogP contribution < -0.4 is 16.2 Å². The molecule has 2 rings (SSSR count). The van der Waals surface area contributed by atoms with Crippen molar-refractivity contribution in [1.29, 1.82) is 0 Å². The first-order valence-electron chi connectivity index (χ1n) is 7.19. The van der Waals surface area contributed by atoms with Crippen molar-refractivity contribution in [2.45, 2.75) is 49.0 Å². The number of rotatable bonds is 4. The number of nitrogen functional groups attached to an aromatic ring is 1. The predicted octanol–water partition coefficient (Wildman–Crippen LogP) is 1.41. The van der Waals surface area contributed by atoms with Crippen LogP contribution in [0.4, 0.5) is 11.4 Å². The SMILES string of the molecule is Nc1c(NCC2(O)CCCCCC2)cccc1S(N)(=O)=O. The first-order chi connectivity index (χ1) is 9.82. The molecule has 0 radical (unpaired) electrons. The molecule has 1 aliphatic rings. The summed E-state index contributed by atoms with van der Waals surface area (Å²) >= 11 is 0. The lowest BCUT2D eigenvalue weighted by atomic mass is 9.94. The number of nitrogens with two attached hydrogens (primary N) is 2. The number of primary sulfonamides is 1. The lowest BCUT2D eigenvalue weighted by molar-refractivity contribution is 0.0381. The van der Waals surface area contributed by atoms with Gasteiger partial charge in [-0.1, -0.05) is 31.7 Å². The summed E-state index contributed by atoms with van der Waals surface area (Å²) in [6, 6.07) is 4.63. The van der Waals surface area contributed by atoms with Crippen molar-refractivity contribution in [1.82, 2.24) is 0 Å². The maximum absolute atomic E-state index is 11.4. The van der Waals surface area contributed by atoms with Crippen LogP contribution in [0.3, 0.4) is 0 Å². The van der Waals surface area contributed by atoms with Gasteiger partial charge in [0.25, 0.3) is 0 Å². The number of hydrogen-bond donors (Lipinski definition) is 4. The summed E-state index contributed by atoms with van der Waals surface area (Å²) in [6.07, 6.45) is 5.79. The monoisotopic (exact) mass is 313 g/mol. The van der Waals surface area contributed by atoms with Gasteiger partial charge in [0.05, 0.1) is 17.0 Å². The molecular formula is C14H23N3O3S. The fraction of sp³-hybridized carbons (Fsp3) is 0.571. The topological polar surface area (TPSA) is 118 Å². The second-order valence-electron chi connectivity index (χ2n) is 5.75. The van der Waals surface area contributed by atoms with Crippen molar-refractivity contribution in [2.24, 2.45) is 5.14 Å². The zero-order valence-electron chi connectivity index (χ0n) is 12.0. The van der Waals surface area contributed by atoms with Crippen LogP contribution in [0.25, 0.3) is 0 Å². The number of nitrogens with one attached hydrogen (secondary N) is 1. The van der Waals surface area contributed by atoms with Crippen molar-refractivity contribution < 1.29 is 13.5 Å². The summed E-state index contributed by atoms with van der Waals surface area (Å²) in [7, 11) is -3.85. The molecule has 0 heterocycles. The fourth-order valence-corrected chi connectivity index (χ4v) is 3.45. The van der Waals surface area contributed by atoms with E-state index in [2.05, 4.69) is 5.32 Å². The molecule has 0 aromatic heterocycles. The average molecular weight is 313 g/mol. The van der Waals surface area contributed by atoms with E-state index in [1.54, 1.807) is 12.1 Å². The molecule has 1 aliphatic carbocycles. The molecular weight excluding hydrogens is 290 g/mol. The molecule has 0 atom stereocenters.